The third-order valence-electron chi connectivity index (χ3n) is 5.11. The number of piperidine rings is 1. The van der Waals surface area contributed by atoms with Crippen LogP contribution in [0.15, 0.2) is 30.5 Å². The molecule has 2 N–H and O–H groups in total. The number of likely N-dealkylation sites (N-methyl/N-ethyl adjacent to an activating group) is 1. The van der Waals surface area contributed by atoms with Gasteiger partial charge in [-0.25, -0.2) is 9.97 Å². The number of amides is 1. The summed E-state index contributed by atoms with van der Waals surface area (Å²) in [6.07, 6.45) is -1.08. The number of alkyl halides is 3. The van der Waals surface area contributed by atoms with Crippen LogP contribution in [0.4, 0.5) is 19.1 Å². The second-order valence-corrected chi connectivity index (χ2v) is 7.46. The van der Waals surface area contributed by atoms with Gasteiger partial charge >= 0.3 is 6.18 Å². The molecule has 1 aromatic heterocycles. The molecule has 29 heavy (non-hydrogen) atoms. The van der Waals surface area contributed by atoms with Crippen molar-refractivity contribution in [1.82, 2.24) is 19.8 Å². The Morgan fingerprint density at radius 1 is 1.28 bits per heavy atom. The summed E-state index contributed by atoms with van der Waals surface area (Å²) in [5.41, 5.74) is 7.08. The lowest BCUT2D eigenvalue weighted by atomic mass is 9.89. The Hall–Kier alpha value is -2.68. The molecule has 1 atom stereocenters. The van der Waals surface area contributed by atoms with E-state index in [9.17, 15) is 18.0 Å². The van der Waals surface area contributed by atoms with Crippen molar-refractivity contribution >= 4 is 11.9 Å². The minimum Gasteiger partial charge on any atom is -0.368 e. The summed E-state index contributed by atoms with van der Waals surface area (Å²) in [7, 11) is 3.44. The maximum absolute atomic E-state index is 12.9. The van der Waals surface area contributed by atoms with Gasteiger partial charge in [-0.05, 0) is 37.1 Å². The third-order valence-corrected chi connectivity index (χ3v) is 5.11. The van der Waals surface area contributed by atoms with Crippen LogP contribution in [0.25, 0.3) is 11.1 Å². The van der Waals surface area contributed by atoms with Crippen molar-refractivity contribution in [2.75, 3.05) is 39.5 Å². The summed E-state index contributed by atoms with van der Waals surface area (Å²) in [5, 5.41) is 0. The van der Waals surface area contributed by atoms with Crippen LogP contribution in [0.3, 0.4) is 0 Å². The minimum absolute atomic E-state index is 0.0151. The number of likely N-dealkylation sites (tertiary alicyclic amines) is 1. The van der Waals surface area contributed by atoms with Gasteiger partial charge < -0.3 is 10.6 Å². The van der Waals surface area contributed by atoms with Crippen LogP contribution in [0.2, 0.25) is 0 Å². The van der Waals surface area contributed by atoms with Gasteiger partial charge in [0.2, 0.25) is 11.9 Å². The molecule has 0 aliphatic carbocycles. The van der Waals surface area contributed by atoms with Crippen LogP contribution in [0, 0.1) is 0 Å². The first-order valence-corrected chi connectivity index (χ1v) is 9.37. The highest BCUT2D eigenvalue weighted by Gasteiger charge is 2.31. The van der Waals surface area contributed by atoms with E-state index < -0.39 is 11.7 Å². The molecule has 1 aliphatic rings. The number of aromatic nitrogens is 2. The van der Waals surface area contributed by atoms with E-state index in [1.807, 2.05) is 0 Å². The summed E-state index contributed by atoms with van der Waals surface area (Å²) in [4.78, 5) is 24.1. The second-order valence-electron chi connectivity index (χ2n) is 7.46. The third kappa shape index (κ3) is 5.03. The number of carbonyl (C=O) groups is 1. The lowest BCUT2D eigenvalue weighted by Crippen LogP contribution is -2.41. The van der Waals surface area contributed by atoms with Crippen molar-refractivity contribution in [3.63, 3.8) is 0 Å². The molecule has 1 aliphatic heterocycles. The Balaban J connectivity index is 1.88. The number of carbonyl (C=O) groups excluding carboxylic acids is 1. The largest absolute Gasteiger partial charge is 0.416 e. The first-order valence-electron chi connectivity index (χ1n) is 9.37. The average molecular weight is 407 g/mol. The van der Waals surface area contributed by atoms with Crippen LogP contribution in [0.1, 0.15) is 30.0 Å². The van der Waals surface area contributed by atoms with Crippen molar-refractivity contribution < 1.29 is 18.0 Å². The van der Waals surface area contributed by atoms with E-state index in [0.29, 0.717) is 29.9 Å². The van der Waals surface area contributed by atoms with Gasteiger partial charge in [0, 0.05) is 38.3 Å². The van der Waals surface area contributed by atoms with Gasteiger partial charge in [-0.15, -0.1) is 0 Å². The number of halogens is 3. The number of benzene rings is 1. The molecular weight excluding hydrogens is 383 g/mol. The van der Waals surface area contributed by atoms with E-state index >= 15 is 0 Å². The van der Waals surface area contributed by atoms with Crippen LogP contribution >= 0.6 is 0 Å². The molecule has 156 valence electrons. The molecule has 1 aromatic carbocycles. The standard InChI is InChI=1S/C20H24F3N5O/c1-27(2)17(29)12-28-9-3-4-14(11-28)18-16(10-25-19(24)26-18)13-5-7-15(8-6-13)20(21,22)23/h5-8,10,14H,3-4,9,11-12H2,1-2H3,(H2,24,25,26). The van der Waals surface area contributed by atoms with E-state index in [-0.39, 0.29) is 17.8 Å². The highest BCUT2D eigenvalue weighted by molar-refractivity contribution is 5.77. The Labute approximate surface area is 167 Å². The van der Waals surface area contributed by atoms with Gasteiger partial charge in [0.05, 0.1) is 17.8 Å². The average Bonchev–Trinajstić information content (AvgIpc) is 2.67. The molecule has 2 aromatic rings. The highest BCUT2D eigenvalue weighted by atomic mass is 19.4. The molecule has 9 heteroatoms. The quantitative estimate of drug-likeness (QED) is 0.843. The predicted molar refractivity (Wildman–Crippen MR) is 104 cm³/mol. The molecule has 1 fully saturated rings. The van der Waals surface area contributed by atoms with Gasteiger partial charge in [-0.2, -0.15) is 13.2 Å². The first kappa shape index (κ1) is 21.0. The van der Waals surface area contributed by atoms with Gasteiger partial charge in [0.25, 0.3) is 0 Å². The van der Waals surface area contributed by atoms with Crippen molar-refractivity contribution in [2.45, 2.75) is 24.9 Å². The summed E-state index contributed by atoms with van der Waals surface area (Å²) in [5.74, 6) is 0.161. The van der Waals surface area contributed by atoms with Gasteiger partial charge in [-0.1, -0.05) is 12.1 Å². The summed E-state index contributed by atoms with van der Waals surface area (Å²) >= 11 is 0. The number of anilines is 1. The van der Waals surface area contributed by atoms with E-state index in [1.165, 1.54) is 12.1 Å². The predicted octanol–water partition coefficient (Wildman–Crippen LogP) is 3.01. The molecular formula is C20H24F3N5O. The van der Waals surface area contributed by atoms with Crippen LogP contribution < -0.4 is 5.73 Å². The molecule has 0 saturated carbocycles. The minimum atomic E-state index is -4.39. The zero-order valence-electron chi connectivity index (χ0n) is 16.4. The van der Waals surface area contributed by atoms with Gasteiger partial charge in [-0.3, -0.25) is 9.69 Å². The maximum atomic E-state index is 12.9. The highest BCUT2D eigenvalue weighted by Crippen LogP contribution is 2.35. The van der Waals surface area contributed by atoms with E-state index in [4.69, 9.17) is 5.73 Å². The number of nitrogens with two attached hydrogens (primary N) is 1. The lowest BCUT2D eigenvalue weighted by Gasteiger charge is -2.33. The number of nitrogens with zero attached hydrogens (tertiary/aromatic N) is 4. The van der Waals surface area contributed by atoms with Crippen molar-refractivity contribution in [2.24, 2.45) is 0 Å². The fraction of sp³-hybridized carbons (Fsp3) is 0.450. The number of hydrogen-bond donors (Lipinski definition) is 1. The molecule has 6 nitrogen and oxygen atoms in total. The van der Waals surface area contributed by atoms with Crippen molar-refractivity contribution in [3.8, 4) is 11.1 Å². The normalized spacial score (nSPS) is 17.9. The second kappa shape index (κ2) is 8.36. The smallest absolute Gasteiger partial charge is 0.368 e. The van der Waals surface area contributed by atoms with E-state index in [2.05, 4.69) is 14.9 Å². The molecule has 0 bridgehead atoms. The molecule has 2 heterocycles. The van der Waals surface area contributed by atoms with E-state index in [1.54, 1.807) is 25.2 Å². The monoisotopic (exact) mass is 407 g/mol. The molecule has 1 saturated heterocycles. The summed E-state index contributed by atoms with van der Waals surface area (Å²) < 4.78 is 38.6. The van der Waals surface area contributed by atoms with Crippen LogP contribution in [-0.4, -0.2) is 59.4 Å². The topological polar surface area (TPSA) is 75.4 Å². The van der Waals surface area contributed by atoms with Gasteiger partial charge in [0.1, 0.15) is 0 Å². The first-order chi connectivity index (χ1) is 13.6. The number of nitrogen functional groups attached to an aromatic ring is 1. The zero-order chi connectivity index (χ0) is 21.2. The molecule has 1 amide bonds. The van der Waals surface area contributed by atoms with Crippen LogP contribution in [0.5, 0.6) is 0 Å². The fourth-order valence-electron chi connectivity index (χ4n) is 3.54. The van der Waals surface area contributed by atoms with E-state index in [0.717, 1.165) is 31.5 Å². The Bertz CT molecular complexity index is 867. The summed E-state index contributed by atoms with van der Waals surface area (Å²) in [6, 6.07) is 4.96. The van der Waals surface area contributed by atoms with Crippen LogP contribution in [-0.2, 0) is 11.0 Å². The number of rotatable bonds is 4. The summed E-state index contributed by atoms with van der Waals surface area (Å²) in [6.45, 7) is 1.76. The zero-order valence-corrected chi connectivity index (χ0v) is 16.4. The lowest BCUT2D eigenvalue weighted by molar-refractivity contribution is -0.137. The SMILES string of the molecule is CN(C)C(=O)CN1CCCC(c2nc(N)ncc2-c2ccc(C(F)(F)F)cc2)C1. The fourth-order valence-corrected chi connectivity index (χ4v) is 3.54. The Morgan fingerprint density at radius 3 is 2.59 bits per heavy atom. The van der Waals surface area contributed by atoms with Crippen molar-refractivity contribution in [1.29, 1.82) is 0 Å². The Kier molecular flexibility index (Phi) is 6.07. The molecule has 0 spiro atoms. The molecule has 0 radical (unpaired) electrons. The molecule has 3 rings (SSSR count). The number of hydrogen-bond acceptors (Lipinski definition) is 5. The maximum Gasteiger partial charge on any atom is 0.416 e. The molecule has 1 unspecified atom stereocenters. The van der Waals surface area contributed by atoms with Gasteiger partial charge in [0.15, 0.2) is 0 Å². The van der Waals surface area contributed by atoms with Crippen molar-refractivity contribution in [3.05, 3.63) is 41.7 Å². The Morgan fingerprint density at radius 2 is 1.97 bits per heavy atom.